The minimum absolute atomic E-state index is 0.144. The standard InChI is InChI=1S/C18H22N2O2/c1-3-10-19-18(22)13(2)20-17(21)12-14-8-9-15-6-4-5-7-16(15)11-14/h4-9,11,13H,3,10,12H2,1-2H3,(H,19,22)(H,20,21). The molecule has 0 saturated carbocycles. The second-order valence-corrected chi connectivity index (χ2v) is 5.44. The first kappa shape index (κ1) is 16.0. The summed E-state index contributed by atoms with van der Waals surface area (Å²) < 4.78 is 0. The van der Waals surface area contributed by atoms with Crippen LogP contribution in [0.15, 0.2) is 42.5 Å². The van der Waals surface area contributed by atoms with Gasteiger partial charge in [0.05, 0.1) is 6.42 Å². The molecule has 0 aliphatic carbocycles. The van der Waals surface area contributed by atoms with Crippen LogP contribution in [0.4, 0.5) is 0 Å². The molecule has 0 spiro atoms. The van der Waals surface area contributed by atoms with Crippen LogP contribution in [-0.2, 0) is 16.0 Å². The lowest BCUT2D eigenvalue weighted by Gasteiger charge is -2.14. The van der Waals surface area contributed by atoms with Gasteiger partial charge in [0.25, 0.3) is 0 Å². The van der Waals surface area contributed by atoms with E-state index >= 15 is 0 Å². The van der Waals surface area contributed by atoms with E-state index in [1.165, 1.54) is 0 Å². The van der Waals surface area contributed by atoms with Crippen molar-refractivity contribution in [2.24, 2.45) is 0 Å². The van der Waals surface area contributed by atoms with Crippen LogP contribution < -0.4 is 10.6 Å². The molecule has 22 heavy (non-hydrogen) atoms. The lowest BCUT2D eigenvalue weighted by molar-refractivity contribution is -0.128. The normalized spacial score (nSPS) is 11.9. The van der Waals surface area contributed by atoms with Crippen molar-refractivity contribution in [1.29, 1.82) is 0 Å². The Balaban J connectivity index is 1.94. The van der Waals surface area contributed by atoms with Crippen LogP contribution in [0.5, 0.6) is 0 Å². The first-order valence-electron chi connectivity index (χ1n) is 7.65. The van der Waals surface area contributed by atoms with Crippen LogP contribution in [-0.4, -0.2) is 24.4 Å². The largest absolute Gasteiger partial charge is 0.354 e. The van der Waals surface area contributed by atoms with Gasteiger partial charge < -0.3 is 10.6 Å². The van der Waals surface area contributed by atoms with Crippen LogP contribution in [0.25, 0.3) is 10.8 Å². The fraction of sp³-hybridized carbons (Fsp3) is 0.333. The van der Waals surface area contributed by atoms with Gasteiger partial charge in [0.15, 0.2) is 0 Å². The molecular weight excluding hydrogens is 276 g/mol. The van der Waals surface area contributed by atoms with Crippen molar-refractivity contribution in [2.45, 2.75) is 32.7 Å². The van der Waals surface area contributed by atoms with Gasteiger partial charge in [0, 0.05) is 6.54 Å². The highest BCUT2D eigenvalue weighted by Gasteiger charge is 2.15. The molecule has 1 atom stereocenters. The number of amides is 2. The molecule has 2 N–H and O–H groups in total. The smallest absolute Gasteiger partial charge is 0.242 e. The van der Waals surface area contributed by atoms with Crippen LogP contribution >= 0.6 is 0 Å². The SMILES string of the molecule is CCCNC(=O)C(C)NC(=O)Cc1ccc2ccccc2c1. The monoisotopic (exact) mass is 298 g/mol. The van der Waals surface area contributed by atoms with Gasteiger partial charge in [-0.05, 0) is 29.7 Å². The van der Waals surface area contributed by atoms with Gasteiger partial charge in [-0.25, -0.2) is 0 Å². The second kappa shape index (κ2) is 7.59. The molecule has 0 fully saturated rings. The second-order valence-electron chi connectivity index (χ2n) is 5.44. The Morgan fingerprint density at radius 2 is 1.82 bits per heavy atom. The molecule has 2 amide bonds. The topological polar surface area (TPSA) is 58.2 Å². The third kappa shape index (κ3) is 4.32. The van der Waals surface area contributed by atoms with Crippen LogP contribution in [0.2, 0.25) is 0 Å². The number of hydrogen-bond donors (Lipinski definition) is 2. The summed E-state index contributed by atoms with van der Waals surface area (Å²) in [6, 6.07) is 13.5. The Morgan fingerprint density at radius 1 is 1.09 bits per heavy atom. The summed E-state index contributed by atoms with van der Waals surface area (Å²) in [5.74, 6) is -0.289. The van der Waals surface area contributed by atoms with Crippen molar-refractivity contribution in [1.82, 2.24) is 10.6 Å². The highest BCUT2D eigenvalue weighted by Crippen LogP contribution is 2.15. The molecule has 4 nitrogen and oxygen atoms in total. The lowest BCUT2D eigenvalue weighted by atomic mass is 10.0. The van der Waals surface area contributed by atoms with E-state index in [4.69, 9.17) is 0 Å². The van der Waals surface area contributed by atoms with Gasteiger partial charge in [-0.2, -0.15) is 0 Å². The zero-order valence-corrected chi connectivity index (χ0v) is 13.1. The molecule has 0 aromatic heterocycles. The van der Waals surface area contributed by atoms with Gasteiger partial charge in [-0.3, -0.25) is 9.59 Å². The Hall–Kier alpha value is -2.36. The number of hydrogen-bond acceptors (Lipinski definition) is 2. The Morgan fingerprint density at radius 3 is 2.55 bits per heavy atom. The quantitative estimate of drug-likeness (QED) is 0.860. The zero-order chi connectivity index (χ0) is 15.9. The van der Waals surface area contributed by atoms with Crippen molar-refractivity contribution >= 4 is 22.6 Å². The molecule has 2 rings (SSSR count). The van der Waals surface area contributed by atoms with Gasteiger partial charge >= 0.3 is 0 Å². The molecule has 4 heteroatoms. The first-order chi connectivity index (χ1) is 10.6. The fourth-order valence-electron chi connectivity index (χ4n) is 2.29. The molecule has 116 valence electrons. The Bertz CT molecular complexity index is 667. The average molecular weight is 298 g/mol. The van der Waals surface area contributed by atoms with E-state index < -0.39 is 6.04 Å². The number of nitrogens with one attached hydrogen (secondary N) is 2. The van der Waals surface area contributed by atoms with Crippen molar-refractivity contribution in [3.05, 3.63) is 48.0 Å². The molecule has 0 radical (unpaired) electrons. The van der Waals surface area contributed by atoms with Crippen LogP contribution in [0.3, 0.4) is 0 Å². The summed E-state index contributed by atoms with van der Waals surface area (Å²) in [6.07, 6.45) is 1.15. The minimum Gasteiger partial charge on any atom is -0.354 e. The maximum absolute atomic E-state index is 12.0. The molecule has 2 aromatic carbocycles. The van der Waals surface area contributed by atoms with E-state index in [0.29, 0.717) is 6.54 Å². The number of carbonyl (C=O) groups is 2. The number of benzene rings is 2. The highest BCUT2D eigenvalue weighted by molar-refractivity contribution is 5.89. The Kier molecular flexibility index (Phi) is 5.53. The van der Waals surface area contributed by atoms with Crippen LogP contribution in [0, 0.1) is 0 Å². The molecule has 0 saturated heterocycles. The van der Waals surface area contributed by atoms with Gasteiger partial charge in [0.1, 0.15) is 6.04 Å². The average Bonchev–Trinajstić information content (AvgIpc) is 2.52. The molecule has 1 unspecified atom stereocenters. The summed E-state index contributed by atoms with van der Waals surface area (Å²) in [7, 11) is 0. The summed E-state index contributed by atoms with van der Waals surface area (Å²) in [6.45, 7) is 4.32. The molecular formula is C18H22N2O2. The van der Waals surface area contributed by atoms with Gasteiger partial charge in [-0.1, -0.05) is 49.4 Å². The van der Waals surface area contributed by atoms with E-state index in [1.54, 1.807) is 6.92 Å². The van der Waals surface area contributed by atoms with Crippen molar-refractivity contribution in [3.63, 3.8) is 0 Å². The van der Waals surface area contributed by atoms with E-state index in [2.05, 4.69) is 10.6 Å². The van der Waals surface area contributed by atoms with Gasteiger partial charge in [-0.15, -0.1) is 0 Å². The van der Waals surface area contributed by atoms with E-state index in [-0.39, 0.29) is 18.2 Å². The number of carbonyl (C=O) groups excluding carboxylic acids is 2. The maximum Gasteiger partial charge on any atom is 0.242 e. The molecule has 0 aliphatic rings. The van der Waals surface area contributed by atoms with E-state index in [0.717, 1.165) is 22.8 Å². The van der Waals surface area contributed by atoms with Crippen molar-refractivity contribution in [2.75, 3.05) is 6.54 Å². The van der Waals surface area contributed by atoms with E-state index in [9.17, 15) is 9.59 Å². The predicted octanol–water partition coefficient (Wildman–Crippen LogP) is 2.41. The number of fused-ring (bicyclic) bond motifs is 1. The zero-order valence-electron chi connectivity index (χ0n) is 13.1. The maximum atomic E-state index is 12.0. The van der Waals surface area contributed by atoms with E-state index in [1.807, 2.05) is 49.4 Å². The molecule has 0 heterocycles. The lowest BCUT2D eigenvalue weighted by Crippen LogP contribution is -2.45. The molecule has 0 bridgehead atoms. The third-order valence-electron chi connectivity index (χ3n) is 3.50. The molecule has 2 aromatic rings. The minimum atomic E-state index is -0.514. The van der Waals surface area contributed by atoms with Gasteiger partial charge in [0.2, 0.25) is 11.8 Å². The molecule has 0 aliphatic heterocycles. The van der Waals surface area contributed by atoms with Crippen LogP contribution in [0.1, 0.15) is 25.8 Å². The predicted molar refractivity (Wildman–Crippen MR) is 88.6 cm³/mol. The number of rotatable bonds is 6. The summed E-state index contributed by atoms with van der Waals surface area (Å²) >= 11 is 0. The summed E-state index contributed by atoms with van der Waals surface area (Å²) in [5, 5.41) is 7.77. The Labute approximate surface area is 130 Å². The third-order valence-corrected chi connectivity index (χ3v) is 3.50. The fourth-order valence-corrected chi connectivity index (χ4v) is 2.29. The summed E-state index contributed by atoms with van der Waals surface area (Å²) in [4.78, 5) is 23.8. The first-order valence-corrected chi connectivity index (χ1v) is 7.65. The summed E-state index contributed by atoms with van der Waals surface area (Å²) in [5.41, 5.74) is 0.942. The van der Waals surface area contributed by atoms with Crippen molar-refractivity contribution < 1.29 is 9.59 Å². The highest BCUT2D eigenvalue weighted by atomic mass is 16.2. The van der Waals surface area contributed by atoms with Crippen molar-refractivity contribution in [3.8, 4) is 0 Å².